The zero-order valence-corrected chi connectivity index (χ0v) is 17.2. The largest absolute Gasteiger partial charge is 0.455 e. The van der Waals surface area contributed by atoms with E-state index >= 15 is 0 Å². The van der Waals surface area contributed by atoms with Crippen LogP contribution in [-0.4, -0.2) is 4.90 Å². The van der Waals surface area contributed by atoms with Crippen LogP contribution in [0.2, 0.25) is 0 Å². The molecule has 0 amide bonds. The highest BCUT2D eigenvalue weighted by Crippen LogP contribution is 2.31. The third-order valence-corrected chi connectivity index (χ3v) is 5.07. The normalized spacial score (nSPS) is 12.0. The summed E-state index contributed by atoms with van der Waals surface area (Å²) in [6, 6.07) is 14.9. The Bertz CT molecular complexity index is 948. The highest BCUT2D eigenvalue weighted by molar-refractivity contribution is 5.37. The van der Waals surface area contributed by atoms with Crippen molar-refractivity contribution in [1.29, 1.82) is 0 Å². The fourth-order valence-electron chi connectivity index (χ4n) is 3.64. The summed E-state index contributed by atoms with van der Waals surface area (Å²) >= 11 is 0. The molecule has 0 atom stereocenters. The number of hydrogen-bond acceptors (Lipinski definition) is 2. The summed E-state index contributed by atoms with van der Waals surface area (Å²) in [5.74, 6) is -0.641. The summed E-state index contributed by atoms with van der Waals surface area (Å²) in [5, 5.41) is 0. The van der Waals surface area contributed by atoms with Gasteiger partial charge in [0.15, 0.2) is 0 Å². The molecule has 0 aliphatic carbocycles. The van der Waals surface area contributed by atoms with Crippen molar-refractivity contribution in [1.82, 2.24) is 4.90 Å². The molecule has 0 unspecified atom stereocenters. The number of benzene rings is 2. The smallest absolute Gasteiger partial charge is 0.449 e. The highest BCUT2D eigenvalue weighted by Gasteiger charge is 2.34. The van der Waals surface area contributed by atoms with Gasteiger partial charge in [-0.15, -0.1) is 0 Å². The quantitative estimate of drug-likeness (QED) is 0.455. The second-order valence-corrected chi connectivity index (χ2v) is 7.77. The number of aryl methyl sites for hydroxylation is 4. The van der Waals surface area contributed by atoms with Crippen LogP contribution in [0.5, 0.6) is 0 Å². The summed E-state index contributed by atoms with van der Waals surface area (Å²) < 4.78 is 43.8. The number of rotatable bonds is 6. The Balaban J connectivity index is 1.87. The van der Waals surface area contributed by atoms with Gasteiger partial charge in [0.25, 0.3) is 0 Å². The third-order valence-electron chi connectivity index (χ3n) is 5.07. The molecule has 1 heterocycles. The van der Waals surface area contributed by atoms with Crippen LogP contribution in [0.4, 0.5) is 13.2 Å². The molecule has 29 heavy (non-hydrogen) atoms. The summed E-state index contributed by atoms with van der Waals surface area (Å²) in [6.07, 6.45) is -4.47. The summed E-state index contributed by atoms with van der Waals surface area (Å²) in [4.78, 5) is 2.12. The maximum Gasteiger partial charge on any atom is 0.449 e. The molecule has 5 heteroatoms. The lowest BCUT2D eigenvalue weighted by Crippen LogP contribution is -2.23. The van der Waals surface area contributed by atoms with Gasteiger partial charge in [0.1, 0.15) is 5.76 Å². The Hall–Kier alpha value is -2.53. The zero-order valence-electron chi connectivity index (χ0n) is 17.2. The Kier molecular flexibility index (Phi) is 6.18. The van der Waals surface area contributed by atoms with E-state index in [1.807, 2.05) is 19.1 Å². The molecule has 0 fully saturated rings. The minimum Gasteiger partial charge on any atom is -0.455 e. The van der Waals surface area contributed by atoms with Crippen molar-refractivity contribution in [2.24, 2.45) is 0 Å². The molecule has 3 rings (SSSR count). The lowest BCUT2D eigenvalue weighted by Gasteiger charge is -2.24. The third kappa shape index (κ3) is 5.51. The van der Waals surface area contributed by atoms with E-state index in [1.165, 1.54) is 33.9 Å². The average molecular weight is 401 g/mol. The van der Waals surface area contributed by atoms with Gasteiger partial charge in [-0.2, -0.15) is 13.2 Å². The number of hydrogen-bond donors (Lipinski definition) is 0. The predicted molar refractivity (Wildman–Crippen MR) is 108 cm³/mol. The van der Waals surface area contributed by atoms with Crippen molar-refractivity contribution in [2.45, 2.75) is 53.5 Å². The van der Waals surface area contributed by atoms with Gasteiger partial charge >= 0.3 is 6.18 Å². The molecule has 0 radical (unpaired) electrons. The number of nitrogens with zero attached hydrogens (tertiary/aromatic N) is 1. The molecular weight excluding hydrogens is 375 g/mol. The molecule has 2 nitrogen and oxygen atoms in total. The SMILES string of the molecule is Cc1ccc(CN(Cc2ccc(C(F)(F)F)o2)Cc2c(C)cc(C)cc2C)cc1. The molecule has 0 bridgehead atoms. The van der Waals surface area contributed by atoms with E-state index in [-0.39, 0.29) is 0 Å². The maximum atomic E-state index is 12.9. The fourth-order valence-corrected chi connectivity index (χ4v) is 3.64. The standard InChI is InChI=1S/C24H26F3NO/c1-16-5-7-20(8-6-16)13-28(14-21-9-10-23(29-21)24(25,26)27)15-22-18(3)11-17(2)12-19(22)4/h5-12H,13-15H2,1-4H3. The number of alkyl halides is 3. The van der Waals surface area contributed by atoms with E-state index in [4.69, 9.17) is 4.42 Å². The van der Waals surface area contributed by atoms with E-state index < -0.39 is 11.9 Å². The minimum atomic E-state index is -4.47. The zero-order chi connectivity index (χ0) is 21.2. The molecule has 0 saturated heterocycles. The molecule has 2 aromatic carbocycles. The first-order chi connectivity index (χ1) is 13.6. The molecule has 0 aliphatic heterocycles. The van der Waals surface area contributed by atoms with Crippen LogP contribution in [-0.2, 0) is 25.8 Å². The van der Waals surface area contributed by atoms with Gasteiger partial charge in [-0.05, 0) is 62.1 Å². The predicted octanol–water partition coefficient (Wildman–Crippen LogP) is 6.73. The first-order valence-electron chi connectivity index (χ1n) is 9.62. The lowest BCUT2D eigenvalue weighted by atomic mass is 9.99. The van der Waals surface area contributed by atoms with Crippen LogP contribution in [0.3, 0.4) is 0 Å². The highest BCUT2D eigenvalue weighted by atomic mass is 19.4. The van der Waals surface area contributed by atoms with Crippen LogP contribution in [0, 0.1) is 27.7 Å². The Morgan fingerprint density at radius 1 is 0.759 bits per heavy atom. The van der Waals surface area contributed by atoms with Crippen molar-refractivity contribution in [3.05, 3.63) is 93.4 Å². The van der Waals surface area contributed by atoms with Gasteiger partial charge in [0.2, 0.25) is 5.76 Å². The molecular formula is C24H26F3NO. The molecule has 0 saturated carbocycles. The van der Waals surface area contributed by atoms with Gasteiger partial charge < -0.3 is 4.42 Å². The summed E-state index contributed by atoms with van der Waals surface area (Å²) in [6.45, 7) is 9.80. The first-order valence-corrected chi connectivity index (χ1v) is 9.62. The van der Waals surface area contributed by atoms with E-state index in [0.717, 1.165) is 11.6 Å². The van der Waals surface area contributed by atoms with Gasteiger partial charge in [-0.1, -0.05) is 47.5 Å². The Morgan fingerprint density at radius 2 is 1.38 bits per heavy atom. The van der Waals surface area contributed by atoms with Crippen LogP contribution in [0.25, 0.3) is 0 Å². The Labute approximate surface area is 170 Å². The van der Waals surface area contributed by atoms with Gasteiger partial charge in [-0.3, -0.25) is 4.90 Å². The lowest BCUT2D eigenvalue weighted by molar-refractivity contribution is -0.153. The monoisotopic (exact) mass is 401 g/mol. The fraction of sp³-hybridized carbons (Fsp3) is 0.333. The van der Waals surface area contributed by atoms with Crippen LogP contribution >= 0.6 is 0 Å². The van der Waals surface area contributed by atoms with Gasteiger partial charge in [-0.25, -0.2) is 0 Å². The van der Waals surface area contributed by atoms with E-state index in [2.05, 4.69) is 49.9 Å². The second-order valence-electron chi connectivity index (χ2n) is 7.77. The molecule has 0 aliphatic rings. The first kappa shape index (κ1) is 21.2. The van der Waals surface area contributed by atoms with Crippen molar-refractivity contribution >= 4 is 0 Å². The average Bonchev–Trinajstić information content (AvgIpc) is 3.09. The summed E-state index contributed by atoms with van der Waals surface area (Å²) in [5.41, 5.74) is 7.06. The molecule has 3 aromatic rings. The topological polar surface area (TPSA) is 16.4 Å². The molecule has 0 N–H and O–H groups in total. The van der Waals surface area contributed by atoms with Crippen LogP contribution in [0.15, 0.2) is 52.9 Å². The van der Waals surface area contributed by atoms with Crippen molar-refractivity contribution < 1.29 is 17.6 Å². The van der Waals surface area contributed by atoms with E-state index in [1.54, 1.807) is 0 Å². The Morgan fingerprint density at radius 3 is 1.93 bits per heavy atom. The minimum absolute atomic E-state index is 0.302. The second kappa shape index (κ2) is 8.46. The van der Waals surface area contributed by atoms with Gasteiger partial charge in [0.05, 0.1) is 6.54 Å². The van der Waals surface area contributed by atoms with Crippen molar-refractivity contribution in [2.75, 3.05) is 0 Å². The summed E-state index contributed by atoms with van der Waals surface area (Å²) in [7, 11) is 0. The molecule has 0 spiro atoms. The van der Waals surface area contributed by atoms with Crippen molar-refractivity contribution in [3.8, 4) is 0 Å². The molecule has 1 aromatic heterocycles. The molecule has 154 valence electrons. The maximum absolute atomic E-state index is 12.9. The van der Waals surface area contributed by atoms with E-state index in [0.29, 0.717) is 25.4 Å². The van der Waals surface area contributed by atoms with Crippen molar-refractivity contribution in [3.63, 3.8) is 0 Å². The van der Waals surface area contributed by atoms with Gasteiger partial charge in [0, 0.05) is 13.1 Å². The van der Waals surface area contributed by atoms with Crippen LogP contribution < -0.4 is 0 Å². The number of furan rings is 1. The van der Waals surface area contributed by atoms with E-state index in [9.17, 15) is 13.2 Å². The number of halogens is 3. The van der Waals surface area contributed by atoms with Crippen LogP contribution in [0.1, 0.15) is 44.9 Å².